The molecule has 0 aliphatic carbocycles. The molecule has 0 spiro atoms. The predicted octanol–water partition coefficient (Wildman–Crippen LogP) is 6.08. The van der Waals surface area contributed by atoms with Crippen LogP contribution in [0.1, 0.15) is 52.4 Å². The second-order valence-electron chi connectivity index (χ2n) is 6.09. The third kappa shape index (κ3) is 6.05. The van der Waals surface area contributed by atoms with E-state index in [0.717, 1.165) is 25.7 Å². The third-order valence-electron chi connectivity index (χ3n) is 3.88. The molecular formula is C18H30. The fraction of sp³-hybridized carbons (Fsp3) is 0.556. The van der Waals surface area contributed by atoms with Crippen molar-refractivity contribution in [2.75, 3.05) is 0 Å². The van der Waals surface area contributed by atoms with Gasteiger partial charge in [0.1, 0.15) is 0 Å². The van der Waals surface area contributed by atoms with Crippen molar-refractivity contribution in [3.63, 3.8) is 0 Å². The number of hydrogen-bond donors (Lipinski definition) is 0. The molecule has 0 heterocycles. The molecule has 0 aromatic rings. The monoisotopic (exact) mass is 246 g/mol. The largest absolute Gasteiger partial charge is 0.103 e. The molecule has 0 aliphatic heterocycles. The summed E-state index contributed by atoms with van der Waals surface area (Å²) in [7, 11) is 0. The quantitative estimate of drug-likeness (QED) is 0.387. The van der Waals surface area contributed by atoms with Crippen molar-refractivity contribution in [3.05, 3.63) is 50.6 Å². The summed E-state index contributed by atoms with van der Waals surface area (Å²) in [6.45, 7) is 20.2. The molecule has 0 aliphatic rings. The molecule has 0 fully saturated rings. The fourth-order valence-electron chi connectivity index (χ4n) is 2.57. The Balaban J connectivity index is 4.63. The molecule has 0 aromatic carbocycles. The van der Waals surface area contributed by atoms with Gasteiger partial charge < -0.3 is 0 Å². The normalized spacial score (nSPS) is 11.9. The van der Waals surface area contributed by atoms with Crippen LogP contribution in [0, 0.1) is 10.8 Å². The topological polar surface area (TPSA) is 0 Å². The maximum absolute atomic E-state index is 3.88. The van der Waals surface area contributed by atoms with Crippen LogP contribution in [0.3, 0.4) is 0 Å². The van der Waals surface area contributed by atoms with Gasteiger partial charge in [-0.25, -0.2) is 0 Å². The molecule has 0 rings (SSSR count). The Hall–Kier alpha value is -1.04. The lowest BCUT2D eigenvalue weighted by Crippen LogP contribution is -2.21. The van der Waals surface area contributed by atoms with Gasteiger partial charge in [0, 0.05) is 0 Å². The number of rotatable bonds is 11. The molecule has 0 saturated heterocycles. The van der Waals surface area contributed by atoms with Crippen LogP contribution in [-0.2, 0) is 0 Å². The maximum Gasteiger partial charge on any atom is -0.0257 e. The Morgan fingerprint density at radius 2 is 0.833 bits per heavy atom. The van der Waals surface area contributed by atoms with Crippen molar-refractivity contribution in [2.24, 2.45) is 10.8 Å². The van der Waals surface area contributed by atoms with Gasteiger partial charge in [-0.05, 0) is 49.4 Å². The van der Waals surface area contributed by atoms with Crippen molar-refractivity contribution in [1.82, 2.24) is 0 Å². The predicted molar refractivity (Wildman–Crippen MR) is 84.7 cm³/mol. The Morgan fingerprint density at radius 3 is 1.00 bits per heavy atom. The fourth-order valence-corrected chi connectivity index (χ4v) is 2.57. The molecule has 0 saturated carbocycles. The summed E-state index contributed by atoms with van der Waals surface area (Å²) in [6, 6.07) is 0. The Labute approximate surface area is 114 Å². The maximum atomic E-state index is 3.88. The average Bonchev–Trinajstić information content (AvgIpc) is 2.28. The van der Waals surface area contributed by atoms with Gasteiger partial charge >= 0.3 is 0 Å². The van der Waals surface area contributed by atoms with Gasteiger partial charge in [0.2, 0.25) is 0 Å². The second kappa shape index (κ2) is 8.13. The molecule has 102 valence electrons. The Morgan fingerprint density at radius 1 is 0.611 bits per heavy atom. The number of hydrogen-bond acceptors (Lipinski definition) is 0. The van der Waals surface area contributed by atoms with E-state index < -0.39 is 0 Å². The van der Waals surface area contributed by atoms with Crippen LogP contribution in [0.5, 0.6) is 0 Å². The van der Waals surface area contributed by atoms with E-state index in [-0.39, 0.29) is 0 Å². The van der Waals surface area contributed by atoms with Gasteiger partial charge in [-0.3, -0.25) is 0 Å². The summed E-state index contributed by atoms with van der Waals surface area (Å²) in [4.78, 5) is 0. The lowest BCUT2D eigenvalue weighted by Gasteiger charge is -2.34. The van der Waals surface area contributed by atoms with Crippen LogP contribution in [0.4, 0.5) is 0 Å². The molecule has 0 N–H and O–H groups in total. The minimum absolute atomic E-state index is 0.299. The SMILES string of the molecule is C=CCC(C)(CC=C)CCC(C)(CC=C)CC=C. The van der Waals surface area contributed by atoms with Crippen LogP contribution in [-0.4, -0.2) is 0 Å². The van der Waals surface area contributed by atoms with Crippen LogP contribution in [0.15, 0.2) is 50.6 Å². The van der Waals surface area contributed by atoms with E-state index >= 15 is 0 Å². The minimum Gasteiger partial charge on any atom is -0.103 e. The molecule has 0 bridgehead atoms. The Kier molecular flexibility index (Phi) is 7.66. The van der Waals surface area contributed by atoms with E-state index in [9.17, 15) is 0 Å². The van der Waals surface area contributed by atoms with Gasteiger partial charge in [-0.15, -0.1) is 26.3 Å². The molecule has 18 heavy (non-hydrogen) atoms. The molecule has 0 heteroatoms. The zero-order valence-corrected chi connectivity index (χ0v) is 12.4. The lowest BCUT2D eigenvalue weighted by molar-refractivity contribution is 0.212. The minimum atomic E-state index is 0.299. The lowest BCUT2D eigenvalue weighted by atomic mass is 9.71. The molecule has 0 radical (unpaired) electrons. The van der Waals surface area contributed by atoms with Gasteiger partial charge in [0.15, 0.2) is 0 Å². The standard InChI is InChI=1S/C18H30/c1-7-11-17(5,12-8-2)15-16-18(6,13-9-3)14-10-4/h7-10H,1-4,11-16H2,5-6H3. The summed E-state index contributed by atoms with van der Waals surface area (Å²) in [5, 5.41) is 0. The summed E-state index contributed by atoms with van der Waals surface area (Å²) >= 11 is 0. The molecular weight excluding hydrogens is 216 g/mol. The second-order valence-corrected chi connectivity index (χ2v) is 6.09. The van der Waals surface area contributed by atoms with Crippen molar-refractivity contribution < 1.29 is 0 Å². The van der Waals surface area contributed by atoms with Crippen molar-refractivity contribution in [2.45, 2.75) is 52.4 Å². The highest BCUT2D eigenvalue weighted by Gasteiger charge is 2.27. The summed E-state index contributed by atoms with van der Waals surface area (Å²) < 4.78 is 0. The van der Waals surface area contributed by atoms with E-state index in [1.807, 2.05) is 24.3 Å². The highest BCUT2D eigenvalue weighted by Crippen LogP contribution is 2.40. The van der Waals surface area contributed by atoms with Gasteiger partial charge in [0.05, 0.1) is 0 Å². The van der Waals surface area contributed by atoms with Gasteiger partial charge in [-0.2, -0.15) is 0 Å². The molecule has 0 amide bonds. The Bertz CT molecular complexity index is 232. The van der Waals surface area contributed by atoms with Crippen LogP contribution >= 0.6 is 0 Å². The van der Waals surface area contributed by atoms with E-state index in [1.165, 1.54) is 12.8 Å². The summed E-state index contributed by atoms with van der Waals surface area (Å²) in [5.41, 5.74) is 0.597. The molecule has 0 aromatic heterocycles. The first-order valence-electron chi connectivity index (χ1n) is 6.89. The van der Waals surface area contributed by atoms with Crippen molar-refractivity contribution in [1.29, 1.82) is 0 Å². The van der Waals surface area contributed by atoms with Crippen LogP contribution in [0.2, 0.25) is 0 Å². The zero-order valence-electron chi connectivity index (χ0n) is 12.4. The third-order valence-corrected chi connectivity index (χ3v) is 3.88. The van der Waals surface area contributed by atoms with E-state index in [0.29, 0.717) is 10.8 Å². The van der Waals surface area contributed by atoms with Crippen LogP contribution in [0.25, 0.3) is 0 Å². The molecule has 0 unspecified atom stereocenters. The molecule has 0 nitrogen and oxygen atoms in total. The summed E-state index contributed by atoms with van der Waals surface area (Å²) in [6.07, 6.45) is 14.7. The van der Waals surface area contributed by atoms with E-state index in [1.54, 1.807) is 0 Å². The molecule has 0 atom stereocenters. The van der Waals surface area contributed by atoms with Crippen molar-refractivity contribution in [3.8, 4) is 0 Å². The first-order chi connectivity index (χ1) is 8.45. The first kappa shape index (κ1) is 17.0. The van der Waals surface area contributed by atoms with Crippen molar-refractivity contribution >= 4 is 0 Å². The first-order valence-corrected chi connectivity index (χ1v) is 6.89. The smallest absolute Gasteiger partial charge is 0.0257 e. The summed E-state index contributed by atoms with van der Waals surface area (Å²) in [5.74, 6) is 0. The highest BCUT2D eigenvalue weighted by atomic mass is 14.3. The highest BCUT2D eigenvalue weighted by molar-refractivity contribution is 4.93. The zero-order chi connectivity index (χ0) is 14.1. The van der Waals surface area contributed by atoms with E-state index in [2.05, 4.69) is 40.2 Å². The average molecular weight is 246 g/mol. The van der Waals surface area contributed by atoms with Gasteiger partial charge in [0.25, 0.3) is 0 Å². The number of allylic oxidation sites excluding steroid dienone is 4. The van der Waals surface area contributed by atoms with Crippen LogP contribution < -0.4 is 0 Å². The van der Waals surface area contributed by atoms with E-state index in [4.69, 9.17) is 0 Å². The van der Waals surface area contributed by atoms with Gasteiger partial charge in [-0.1, -0.05) is 38.2 Å².